The van der Waals surface area contributed by atoms with E-state index in [1.54, 1.807) is 12.1 Å². The van der Waals surface area contributed by atoms with E-state index in [1.807, 2.05) is 30.3 Å². The molecule has 0 aromatic heterocycles. The molecular formula is C18H16O4. The molecule has 0 fully saturated rings. The van der Waals surface area contributed by atoms with Crippen LogP contribution in [0.15, 0.2) is 42.5 Å². The van der Waals surface area contributed by atoms with Crippen LogP contribution in [0.3, 0.4) is 0 Å². The Morgan fingerprint density at radius 3 is 2.00 bits per heavy atom. The normalized spacial score (nSPS) is 9.41. The highest BCUT2D eigenvalue weighted by molar-refractivity contribution is 6.13. The lowest BCUT2D eigenvalue weighted by atomic mass is 10.1. The van der Waals surface area contributed by atoms with Crippen molar-refractivity contribution >= 4 is 5.78 Å². The molecule has 0 bridgehead atoms. The van der Waals surface area contributed by atoms with Crippen molar-refractivity contribution in [2.45, 2.75) is 0 Å². The molecule has 2 aromatic carbocycles. The predicted octanol–water partition coefficient (Wildman–Crippen LogP) is 2.95. The van der Waals surface area contributed by atoms with Gasteiger partial charge in [0.1, 0.15) is 22.8 Å². The van der Waals surface area contributed by atoms with Crippen LogP contribution in [0.5, 0.6) is 17.2 Å². The van der Waals surface area contributed by atoms with Crippen molar-refractivity contribution in [2.75, 3.05) is 21.3 Å². The van der Waals surface area contributed by atoms with E-state index in [9.17, 15) is 4.79 Å². The number of rotatable bonds is 4. The zero-order valence-electron chi connectivity index (χ0n) is 12.7. The SMILES string of the molecule is COc1cc(OC)c(C(=O)C#Cc2ccccc2)c(OC)c1. The molecule has 2 aromatic rings. The molecule has 0 unspecified atom stereocenters. The van der Waals surface area contributed by atoms with E-state index in [2.05, 4.69) is 11.8 Å². The summed E-state index contributed by atoms with van der Waals surface area (Å²) in [6.07, 6.45) is 0. The summed E-state index contributed by atoms with van der Waals surface area (Å²) in [7, 11) is 4.50. The summed E-state index contributed by atoms with van der Waals surface area (Å²) in [5.41, 5.74) is 1.05. The minimum Gasteiger partial charge on any atom is -0.496 e. The Kier molecular flexibility index (Phi) is 5.05. The van der Waals surface area contributed by atoms with E-state index in [0.717, 1.165) is 5.56 Å². The number of benzene rings is 2. The molecule has 0 amide bonds. The predicted molar refractivity (Wildman–Crippen MR) is 83.7 cm³/mol. The quantitative estimate of drug-likeness (QED) is 0.643. The van der Waals surface area contributed by atoms with Crippen molar-refractivity contribution in [1.82, 2.24) is 0 Å². The first-order valence-electron chi connectivity index (χ1n) is 6.61. The summed E-state index contributed by atoms with van der Waals surface area (Å²) in [6, 6.07) is 12.5. The summed E-state index contributed by atoms with van der Waals surface area (Å²) in [6.45, 7) is 0. The molecule has 0 heterocycles. The lowest BCUT2D eigenvalue weighted by Gasteiger charge is -2.12. The van der Waals surface area contributed by atoms with E-state index >= 15 is 0 Å². The molecule has 0 aliphatic heterocycles. The number of carbonyl (C=O) groups is 1. The number of methoxy groups -OCH3 is 3. The molecule has 0 atom stereocenters. The second-order valence-corrected chi connectivity index (χ2v) is 4.35. The van der Waals surface area contributed by atoms with E-state index in [0.29, 0.717) is 17.2 Å². The van der Waals surface area contributed by atoms with Crippen molar-refractivity contribution in [3.05, 3.63) is 53.6 Å². The summed E-state index contributed by atoms with van der Waals surface area (Å²) < 4.78 is 15.7. The maximum Gasteiger partial charge on any atom is 0.243 e. The Bertz CT molecular complexity index is 699. The molecule has 0 saturated carbocycles. The fraction of sp³-hybridized carbons (Fsp3) is 0.167. The minimum absolute atomic E-state index is 0.286. The van der Waals surface area contributed by atoms with Gasteiger partial charge in [-0.2, -0.15) is 0 Å². The Morgan fingerprint density at radius 1 is 0.909 bits per heavy atom. The standard InChI is InChI=1S/C18H16O4/c1-20-14-11-16(21-2)18(17(12-14)22-3)15(19)10-9-13-7-5-4-6-8-13/h4-8,11-12H,1-3H3. The van der Waals surface area contributed by atoms with E-state index < -0.39 is 0 Å². The van der Waals surface area contributed by atoms with Crippen LogP contribution in [0.1, 0.15) is 15.9 Å². The van der Waals surface area contributed by atoms with Crippen LogP contribution >= 0.6 is 0 Å². The van der Waals surface area contributed by atoms with Crippen LogP contribution in [0, 0.1) is 11.8 Å². The van der Waals surface area contributed by atoms with Crippen molar-refractivity contribution in [2.24, 2.45) is 0 Å². The van der Waals surface area contributed by atoms with Gasteiger partial charge in [-0.25, -0.2) is 0 Å². The lowest BCUT2D eigenvalue weighted by Crippen LogP contribution is -2.04. The number of hydrogen-bond acceptors (Lipinski definition) is 4. The van der Waals surface area contributed by atoms with Gasteiger partial charge >= 0.3 is 0 Å². The number of hydrogen-bond donors (Lipinski definition) is 0. The maximum absolute atomic E-state index is 12.4. The highest BCUT2D eigenvalue weighted by Gasteiger charge is 2.18. The topological polar surface area (TPSA) is 44.8 Å². The monoisotopic (exact) mass is 296 g/mol. The third-order valence-corrected chi connectivity index (χ3v) is 3.04. The van der Waals surface area contributed by atoms with Crippen LogP contribution in [0.2, 0.25) is 0 Å². The second-order valence-electron chi connectivity index (χ2n) is 4.35. The van der Waals surface area contributed by atoms with Crippen LogP contribution in [0.4, 0.5) is 0 Å². The van der Waals surface area contributed by atoms with Gasteiger partial charge in [0, 0.05) is 17.7 Å². The number of Topliss-reactive ketones (excluding diaryl/α,β-unsaturated/α-hetero) is 1. The molecule has 4 heteroatoms. The Balaban J connectivity index is 2.43. The van der Waals surface area contributed by atoms with Crippen molar-refractivity contribution < 1.29 is 19.0 Å². The van der Waals surface area contributed by atoms with Crippen molar-refractivity contribution in [3.63, 3.8) is 0 Å². The zero-order chi connectivity index (χ0) is 15.9. The van der Waals surface area contributed by atoms with Crippen LogP contribution in [-0.4, -0.2) is 27.1 Å². The molecular weight excluding hydrogens is 280 g/mol. The van der Waals surface area contributed by atoms with Crippen LogP contribution in [0.25, 0.3) is 0 Å². The summed E-state index contributed by atoms with van der Waals surface area (Å²) >= 11 is 0. The Hall–Kier alpha value is -2.93. The van der Waals surface area contributed by atoms with Gasteiger partial charge in [0.05, 0.1) is 21.3 Å². The molecule has 4 nitrogen and oxygen atoms in total. The second kappa shape index (κ2) is 7.19. The lowest BCUT2D eigenvalue weighted by molar-refractivity contribution is 0.105. The fourth-order valence-corrected chi connectivity index (χ4v) is 1.94. The third-order valence-electron chi connectivity index (χ3n) is 3.04. The van der Waals surface area contributed by atoms with E-state index in [1.165, 1.54) is 21.3 Å². The summed E-state index contributed by atoms with van der Waals surface area (Å²) in [4.78, 5) is 12.4. The Labute approximate surface area is 129 Å². The van der Waals surface area contributed by atoms with Gasteiger partial charge in [-0.3, -0.25) is 4.79 Å². The van der Waals surface area contributed by atoms with Gasteiger partial charge in [0.15, 0.2) is 0 Å². The Morgan fingerprint density at radius 2 is 1.50 bits per heavy atom. The van der Waals surface area contributed by atoms with Gasteiger partial charge < -0.3 is 14.2 Å². The van der Waals surface area contributed by atoms with Gasteiger partial charge in [-0.15, -0.1) is 0 Å². The van der Waals surface area contributed by atoms with E-state index in [-0.39, 0.29) is 11.3 Å². The molecule has 0 N–H and O–H groups in total. The fourth-order valence-electron chi connectivity index (χ4n) is 1.94. The largest absolute Gasteiger partial charge is 0.496 e. The summed E-state index contributed by atoms with van der Waals surface area (Å²) in [5, 5.41) is 0. The minimum atomic E-state index is -0.375. The molecule has 2 rings (SSSR count). The molecule has 22 heavy (non-hydrogen) atoms. The maximum atomic E-state index is 12.4. The highest BCUT2D eigenvalue weighted by Crippen LogP contribution is 2.34. The number of carbonyl (C=O) groups excluding carboxylic acids is 1. The molecule has 0 saturated heterocycles. The first kappa shape index (κ1) is 15.5. The molecule has 0 aliphatic carbocycles. The van der Waals surface area contributed by atoms with E-state index in [4.69, 9.17) is 14.2 Å². The van der Waals surface area contributed by atoms with Crippen LogP contribution < -0.4 is 14.2 Å². The third kappa shape index (κ3) is 3.39. The first-order chi connectivity index (χ1) is 10.7. The first-order valence-corrected chi connectivity index (χ1v) is 6.61. The van der Waals surface area contributed by atoms with Crippen molar-refractivity contribution in [1.29, 1.82) is 0 Å². The molecule has 0 spiro atoms. The van der Waals surface area contributed by atoms with Gasteiger partial charge in [-0.05, 0) is 18.1 Å². The summed E-state index contributed by atoms with van der Waals surface area (Å²) in [5.74, 6) is 6.34. The highest BCUT2D eigenvalue weighted by atomic mass is 16.5. The average molecular weight is 296 g/mol. The van der Waals surface area contributed by atoms with Gasteiger partial charge in [0.25, 0.3) is 0 Å². The van der Waals surface area contributed by atoms with Crippen LogP contribution in [-0.2, 0) is 0 Å². The van der Waals surface area contributed by atoms with Crippen molar-refractivity contribution in [3.8, 4) is 29.1 Å². The molecule has 112 valence electrons. The molecule has 0 aliphatic rings. The number of ketones is 1. The molecule has 0 radical (unpaired) electrons. The van der Waals surface area contributed by atoms with Gasteiger partial charge in [0.2, 0.25) is 5.78 Å². The van der Waals surface area contributed by atoms with Gasteiger partial charge in [-0.1, -0.05) is 24.1 Å². The smallest absolute Gasteiger partial charge is 0.243 e. The average Bonchev–Trinajstić information content (AvgIpc) is 2.59. The zero-order valence-corrected chi connectivity index (χ0v) is 12.7. The number of ether oxygens (including phenoxy) is 3.